The van der Waals surface area contributed by atoms with E-state index < -0.39 is 0 Å². The first kappa shape index (κ1) is 14.4. The van der Waals surface area contributed by atoms with E-state index >= 15 is 0 Å². The minimum atomic E-state index is -0.293. The van der Waals surface area contributed by atoms with Crippen LogP contribution in [-0.4, -0.2) is 32.2 Å². The third kappa shape index (κ3) is 2.08. The van der Waals surface area contributed by atoms with Crippen LogP contribution < -0.4 is 14.8 Å². The molecule has 2 bridgehead atoms. The number of esters is 1. The predicted octanol–water partition coefficient (Wildman–Crippen LogP) is 1.84. The van der Waals surface area contributed by atoms with E-state index in [-0.39, 0.29) is 41.7 Å². The van der Waals surface area contributed by atoms with Gasteiger partial charge in [-0.1, -0.05) is 0 Å². The molecule has 5 atom stereocenters. The van der Waals surface area contributed by atoms with Crippen molar-refractivity contribution in [2.75, 3.05) is 19.5 Å². The topological polar surface area (TPSA) is 73.9 Å². The molecule has 23 heavy (non-hydrogen) atoms. The lowest BCUT2D eigenvalue weighted by atomic mass is 9.79. The lowest BCUT2D eigenvalue weighted by molar-refractivity contribution is -0.145. The fraction of sp³-hybridized carbons (Fsp3) is 0.529. The normalized spacial score (nSPS) is 33.5. The van der Waals surface area contributed by atoms with Gasteiger partial charge in [-0.2, -0.15) is 0 Å². The summed E-state index contributed by atoms with van der Waals surface area (Å²) in [5.74, 6) is 0.757. The molecule has 4 rings (SSSR count). The van der Waals surface area contributed by atoms with Gasteiger partial charge in [-0.15, -0.1) is 0 Å². The molecule has 6 heteroatoms. The molecule has 6 nitrogen and oxygen atoms in total. The van der Waals surface area contributed by atoms with Gasteiger partial charge in [-0.05, 0) is 30.9 Å². The van der Waals surface area contributed by atoms with Crippen molar-refractivity contribution < 1.29 is 23.8 Å². The van der Waals surface area contributed by atoms with E-state index in [1.807, 2.05) is 0 Å². The van der Waals surface area contributed by atoms with Crippen LogP contribution in [0.15, 0.2) is 18.2 Å². The van der Waals surface area contributed by atoms with Gasteiger partial charge in [-0.3, -0.25) is 9.59 Å². The van der Waals surface area contributed by atoms with Gasteiger partial charge in [0, 0.05) is 12.0 Å². The minimum absolute atomic E-state index is 0.0390. The number of hydrogen-bond acceptors (Lipinski definition) is 5. The smallest absolute Gasteiger partial charge is 0.310 e. The first-order valence-corrected chi connectivity index (χ1v) is 7.85. The van der Waals surface area contributed by atoms with Crippen LogP contribution in [0.2, 0.25) is 0 Å². The Bertz CT molecular complexity index is 671. The Hall–Kier alpha value is -2.24. The van der Waals surface area contributed by atoms with Crippen molar-refractivity contribution in [3.05, 3.63) is 18.2 Å². The molecule has 2 aliphatic carbocycles. The fourth-order valence-electron chi connectivity index (χ4n) is 4.48. The second-order valence-electron chi connectivity index (χ2n) is 6.48. The van der Waals surface area contributed by atoms with E-state index in [1.54, 1.807) is 32.4 Å². The molecule has 0 radical (unpaired) electrons. The van der Waals surface area contributed by atoms with Crippen molar-refractivity contribution in [1.82, 2.24) is 0 Å². The number of hydrogen-bond donors (Lipinski definition) is 1. The summed E-state index contributed by atoms with van der Waals surface area (Å²) in [5.41, 5.74) is 0.587. The van der Waals surface area contributed by atoms with Gasteiger partial charge >= 0.3 is 5.97 Å². The highest BCUT2D eigenvalue weighted by molar-refractivity contribution is 5.98. The van der Waals surface area contributed by atoms with E-state index in [0.29, 0.717) is 17.2 Å². The monoisotopic (exact) mass is 317 g/mol. The molecule has 0 spiro atoms. The number of carbonyl (C=O) groups excluding carboxylic acids is 2. The fourth-order valence-corrected chi connectivity index (χ4v) is 4.48. The van der Waals surface area contributed by atoms with Crippen LogP contribution in [0, 0.1) is 23.7 Å². The Kier molecular flexibility index (Phi) is 3.21. The molecule has 3 aliphatic rings. The summed E-state index contributed by atoms with van der Waals surface area (Å²) in [4.78, 5) is 24.8. The Balaban J connectivity index is 1.56. The Morgan fingerprint density at radius 3 is 2.83 bits per heavy atom. The number of benzene rings is 1. The summed E-state index contributed by atoms with van der Waals surface area (Å²) in [6.45, 7) is 0. The second-order valence-corrected chi connectivity index (χ2v) is 6.48. The van der Waals surface area contributed by atoms with E-state index in [9.17, 15) is 9.59 Å². The summed E-state index contributed by atoms with van der Waals surface area (Å²) >= 11 is 0. The molecule has 1 aromatic carbocycles. The zero-order valence-electron chi connectivity index (χ0n) is 13.1. The Morgan fingerprint density at radius 2 is 2.09 bits per heavy atom. The van der Waals surface area contributed by atoms with Crippen molar-refractivity contribution in [3.63, 3.8) is 0 Å². The van der Waals surface area contributed by atoms with Crippen LogP contribution in [0.5, 0.6) is 11.5 Å². The van der Waals surface area contributed by atoms with E-state index in [4.69, 9.17) is 14.2 Å². The van der Waals surface area contributed by atoms with Crippen molar-refractivity contribution in [2.45, 2.75) is 18.9 Å². The average molecular weight is 317 g/mol. The highest BCUT2D eigenvalue weighted by atomic mass is 16.6. The molecule has 0 aromatic heterocycles. The van der Waals surface area contributed by atoms with E-state index in [0.717, 1.165) is 12.8 Å². The number of fused-ring (bicyclic) bond motifs is 1. The molecule has 3 fully saturated rings. The standard InChI is InChI=1S/C17H19NO5/c1-21-9-3-4-11(13(7-9)22-2)18-16(19)14-8-5-10-12(6-8)23-17(20)15(10)14/h3-4,7-8,10,12,14-15H,5-6H2,1-2H3,(H,18,19)/t8-,10-,12+,14+,15-/m1/s1. The highest BCUT2D eigenvalue weighted by Gasteiger charge is 2.63. The lowest BCUT2D eigenvalue weighted by Gasteiger charge is -2.24. The summed E-state index contributed by atoms with van der Waals surface area (Å²) in [6, 6.07) is 5.23. The number of ether oxygens (including phenoxy) is 3. The van der Waals surface area contributed by atoms with Crippen LogP contribution >= 0.6 is 0 Å². The van der Waals surface area contributed by atoms with Crippen LogP contribution in [0.4, 0.5) is 5.69 Å². The quantitative estimate of drug-likeness (QED) is 0.858. The van der Waals surface area contributed by atoms with Crippen LogP contribution in [-0.2, 0) is 14.3 Å². The molecular weight excluding hydrogens is 298 g/mol. The van der Waals surface area contributed by atoms with Crippen molar-refractivity contribution in [3.8, 4) is 11.5 Å². The molecule has 1 heterocycles. The summed E-state index contributed by atoms with van der Waals surface area (Å²) in [5, 5.41) is 2.92. The van der Waals surface area contributed by atoms with Gasteiger partial charge in [0.1, 0.15) is 17.6 Å². The SMILES string of the molecule is COc1ccc(NC(=O)[C@H]2[C@@H]3C[C@H]4[C@H]2C(=O)O[C@H]4C3)c(OC)c1. The second kappa shape index (κ2) is 5.15. The number of anilines is 1. The summed E-state index contributed by atoms with van der Waals surface area (Å²) in [6.07, 6.45) is 1.76. The van der Waals surface area contributed by atoms with Crippen LogP contribution in [0.25, 0.3) is 0 Å². The zero-order valence-corrected chi connectivity index (χ0v) is 13.1. The van der Waals surface area contributed by atoms with Gasteiger partial charge in [0.2, 0.25) is 5.91 Å². The zero-order chi connectivity index (χ0) is 16.1. The maximum Gasteiger partial charge on any atom is 0.310 e. The van der Waals surface area contributed by atoms with Crippen molar-refractivity contribution in [2.24, 2.45) is 23.7 Å². The Morgan fingerprint density at radius 1 is 1.26 bits per heavy atom. The predicted molar refractivity (Wildman–Crippen MR) is 81.2 cm³/mol. The molecule has 1 saturated heterocycles. The van der Waals surface area contributed by atoms with Crippen LogP contribution in [0.1, 0.15) is 12.8 Å². The molecule has 1 amide bonds. The van der Waals surface area contributed by atoms with Gasteiger partial charge in [0.15, 0.2) is 0 Å². The first-order chi connectivity index (χ1) is 11.1. The molecular formula is C17H19NO5. The van der Waals surface area contributed by atoms with E-state index in [2.05, 4.69) is 5.32 Å². The molecule has 122 valence electrons. The van der Waals surface area contributed by atoms with Gasteiger partial charge in [0.05, 0.1) is 31.7 Å². The highest BCUT2D eigenvalue weighted by Crippen LogP contribution is 2.57. The average Bonchev–Trinajstić information content (AvgIpc) is 3.16. The number of nitrogens with one attached hydrogen (secondary N) is 1. The lowest BCUT2D eigenvalue weighted by Crippen LogP contribution is -2.35. The molecule has 1 N–H and O–H groups in total. The third-order valence-electron chi connectivity index (χ3n) is 5.45. The van der Waals surface area contributed by atoms with Gasteiger partial charge in [0.25, 0.3) is 0 Å². The van der Waals surface area contributed by atoms with Gasteiger partial charge in [-0.25, -0.2) is 0 Å². The number of rotatable bonds is 4. The maximum atomic E-state index is 12.8. The molecule has 0 unspecified atom stereocenters. The van der Waals surface area contributed by atoms with Crippen molar-refractivity contribution >= 4 is 17.6 Å². The van der Waals surface area contributed by atoms with Crippen molar-refractivity contribution in [1.29, 1.82) is 0 Å². The van der Waals surface area contributed by atoms with E-state index in [1.165, 1.54) is 0 Å². The molecule has 1 aromatic rings. The minimum Gasteiger partial charge on any atom is -0.497 e. The molecule has 2 saturated carbocycles. The number of methoxy groups -OCH3 is 2. The largest absolute Gasteiger partial charge is 0.497 e. The maximum absolute atomic E-state index is 12.8. The molecule has 1 aliphatic heterocycles. The first-order valence-electron chi connectivity index (χ1n) is 7.85. The number of amides is 1. The third-order valence-corrected chi connectivity index (χ3v) is 5.45. The van der Waals surface area contributed by atoms with Crippen LogP contribution in [0.3, 0.4) is 0 Å². The Labute approximate surface area is 134 Å². The number of carbonyl (C=O) groups is 2. The summed E-state index contributed by atoms with van der Waals surface area (Å²) in [7, 11) is 3.12. The summed E-state index contributed by atoms with van der Waals surface area (Å²) < 4.78 is 15.9. The van der Waals surface area contributed by atoms with Gasteiger partial charge < -0.3 is 19.5 Å².